The standard InChI is InChI=1S/C24H28ClN5O3/c1-3-4-13-29(20(31)14-27-19-12-8-11-18(25)16(19)2)21-22(26)30(24(33)28-23(21)32)15-17-9-6-5-7-10-17/h5-12,27H,3-4,13-15,26H2,1-2H3,(H,28,32,33). The van der Waals surface area contributed by atoms with Gasteiger partial charge in [0.25, 0.3) is 5.56 Å². The number of hydrogen-bond donors (Lipinski definition) is 3. The molecule has 4 N–H and O–H groups in total. The predicted molar refractivity (Wildman–Crippen MR) is 133 cm³/mol. The summed E-state index contributed by atoms with van der Waals surface area (Å²) in [5.74, 6) is -0.388. The number of rotatable bonds is 9. The Morgan fingerprint density at radius 2 is 1.88 bits per heavy atom. The minimum absolute atomic E-state index is 0.0198. The van der Waals surface area contributed by atoms with Gasteiger partial charge in [-0.25, -0.2) is 4.79 Å². The van der Waals surface area contributed by atoms with Crippen molar-refractivity contribution in [2.75, 3.05) is 29.0 Å². The quantitative estimate of drug-likeness (QED) is 0.444. The molecule has 0 radical (unpaired) electrons. The lowest BCUT2D eigenvalue weighted by atomic mass is 10.2. The van der Waals surface area contributed by atoms with E-state index in [1.54, 1.807) is 12.1 Å². The fourth-order valence-electron chi connectivity index (χ4n) is 3.50. The van der Waals surface area contributed by atoms with Crippen LogP contribution in [0.25, 0.3) is 0 Å². The van der Waals surface area contributed by atoms with Crippen molar-refractivity contribution in [2.24, 2.45) is 0 Å². The second-order valence-electron chi connectivity index (χ2n) is 7.73. The Bertz CT molecular complexity index is 1240. The molecular formula is C24H28ClN5O3. The Kier molecular flexibility index (Phi) is 7.95. The topological polar surface area (TPSA) is 113 Å². The van der Waals surface area contributed by atoms with Crippen LogP contribution in [0.1, 0.15) is 30.9 Å². The van der Waals surface area contributed by atoms with Gasteiger partial charge < -0.3 is 16.0 Å². The SMILES string of the molecule is CCCCN(C(=O)CNc1cccc(Cl)c1C)c1c(N)n(Cc2ccccc2)c(=O)[nH]c1=O. The number of carbonyl (C=O) groups is 1. The Morgan fingerprint density at radius 3 is 2.58 bits per heavy atom. The molecule has 2 aromatic carbocycles. The molecule has 0 spiro atoms. The minimum atomic E-state index is -0.690. The van der Waals surface area contributed by atoms with Crippen molar-refractivity contribution in [3.63, 3.8) is 0 Å². The van der Waals surface area contributed by atoms with Gasteiger partial charge >= 0.3 is 5.69 Å². The lowest BCUT2D eigenvalue weighted by Crippen LogP contribution is -2.43. The third kappa shape index (κ3) is 5.64. The Hall–Kier alpha value is -3.52. The van der Waals surface area contributed by atoms with Gasteiger partial charge in [0, 0.05) is 17.3 Å². The van der Waals surface area contributed by atoms with E-state index < -0.39 is 11.2 Å². The highest BCUT2D eigenvalue weighted by molar-refractivity contribution is 6.31. The summed E-state index contributed by atoms with van der Waals surface area (Å²) < 4.78 is 1.27. The zero-order valence-corrected chi connectivity index (χ0v) is 19.5. The van der Waals surface area contributed by atoms with Crippen molar-refractivity contribution in [1.82, 2.24) is 9.55 Å². The summed E-state index contributed by atoms with van der Waals surface area (Å²) in [5.41, 5.74) is 7.36. The maximum Gasteiger partial charge on any atom is 0.330 e. The molecule has 0 saturated heterocycles. The van der Waals surface area contributed by atoms with Crippen molar-refractivity contribution < 1.29 is 4.79 Å². The minimum Gasteiger partial charge on any atom is -0.383 e. The monoisotopic (exact) mass is 469 g/mol. The van der Waals surface area contributed by atoms with Crippen LogP contribution in [0.15, 0.2) is 58.1 Å². The highest BCUT2D eigenvalue weighted by Crippen LogP contribution is 2.23. The van der Waals surface area contributed by atoms with Gasteiger partial charge in [-0.05, 0) is 36.6 Å². The summed E-state index contributed by atoms with van der Waals surface area (Å²) in [6, 6.07) is 14.7. The molecule has 0 aliphatic rings. The number of nitrogen functional groups attached to an aromatic ring is 1. The van der Waals surface area contributed by atoms with E-state index >= 15 is 0 Å². The van der Waals surface area contributed by atoms with Crippen LogP contribution >= 0.6 is 11.6 Å². The Labute approximate surface area is 197 Å². The number of nitrogens with zero attached hydrogens (tertiary/aromatic N) is 2. The summed E-state index contributed by atoms with van der Waals surface area (Å²) in [4.78, 5) is 42.1. The molecule has 0 aliphatic carbocycles. The number of H-pyrrole nitrogens is 1. The zero-order chi connectivity index (χ0) is 24.0. The lowest BCUT2D eigenvalue weighted by Gasteiger charge is -2.25. The number of nitrogens with two attached hydrogens (primary N) is 1. The molecule has 0 fully saturated rings. The number of nitrogens with one attached hydrogen (secondary N) is 2. The fourth-order valence-corrected chi connectivity index (χ4v) is 3.68. The van der Waals surface area contributed by atoms with Gasteiger partial charge in [-0.2, -0.15) is 0 Å². The number of unbranched alkanes of at least 4 members (excludes halogenated alkanes) is 1. The van der Waals surface area contributed by atoms with Crippen LogP contribution in [0.3, 0.4) is 0 Å². The van der Waals surface area contributed by atoms with Crippen molar-refractivity contribution in [2.45, 2.75) is 33.2 Å². The molecule has 0 aliphatic heterocycles. The second-order valence-corrected chi connectivity index (χ2v) is 8.14. The molecule has 1 aromatic heterocycles. The number of halogens is 1. The van der Waals surface area contributed by atoms with Crippen LogP contribution in [0, 0.1) is 6.92 Å². The lowest BCUT2D eigenvalue weighted by molar-refractivity contribution is -0.117. The van der Waals surface area contributed by atoms with Crippen molar-refractivity contribution in [3.05, 3.63) is 85.5 Å². The fraction of sp³-hybridized carbons (Fsp3) is 0.292. The van der Waals surface area contributed by atoms with Crippen LogP contribution < -0.4 is 27.2 Å². The number of aromatic nitrogens is 2. The van der Waals surface area contributed by atoms with Crippen molar-refractivity contribution in [1.29, 1.82) is 0 Å². The van der Waals surface area contributed by atoms with E-state index in [-0.39, 0.29) is 30.5 Å². The molecule has 1 heterocycles. The highest BCUT2D eigenvalue weighted by Gasteiger charge is 2.24. The first-order chi connectivity index (χ1) is 15.8. The Balaban J connectivity index is 1.95. The summed E-state index contributed by atoms with van der Waals surface area (Å²) in [7, 11) is 0. The molecule has 9 heteroatoms. The van der Waals surface area contributed by atoms with E-state index in [4.69, 9.17) is 17.3 Å². The maximum absolute atomic E-state index is 13.2. The van der Waals surface area contributed by atoms with Gasteiger partial charge in [-0.1, -0.05) is 61.3 Å². The number of amides is 1. The van der Waals surface area contributed by atoms with Gasteiger partial charge in [0.05, 0.1) is 13.1 Å². The number of aromatic amines is 1. The average molecular weight is 470 g/mol. The number of carbonyl (C=O) groups excluding carboxylic acids is 1. The summed E-state index contributed by atoms with van der Waals surface area (Å²) in [6.45, 7) is 4.24. The smallest absolute Gasteiger partial charge is 0.330 e. The van der Waals surface area contributed by atoms with Gasteiger partial charge in [0.2, 0.25) is 5.91 Å². The third-order valence-corrected chi connectivity index (χ3v) is 5.81. The molecule has 0 atom stereocenters. The van der Waals surface area contributed by atoms with E-state index in [0.29, 0.717) is 18.0 Å². The van der Waals surface area contributed by atoms with Crippen LogP contribution in [0.2, 0.25) is 5.02 Å². The molecule has 0 bridgehead atoms. The zero-order valence-electron chi connectivity index (χ0n) is 18.7. The molecule has 0 saturated carbocycles. The number of anilines is 3. The molecule has 3 rings (SSSR count). The molecule has 1 amide bonds. The van der Waals surface area contributed by atoms with Crippen LogP contribution in [-0.2, 0) is 11.3 Å². The van der Waals surface area contributed by atoms with Crippen LogP contribution in [0.5, 0.6) is 0 Å². The number of hydrogen-bond acceptors (Lipinski definition) is 5. The average Bonchev–Trinajstić information content (AvgIpc) is 2.80. The first-order valence-corrected chi connectivity index (χ1v) is 11.2. The van der Waals surface area contributed by atoms with E-state index in [9.17, 15) is 14.4 Å². The molecule has 3 aromatic rings. The van der Waals surface area contributed by atoms with Gasteiger partial charge in [-0.3, -0.25) is 19.1 Å². The molecule has 0 unspecified atom stereocenters. The molecule has 33 heavy (non-hydrogen) atoms. The van der Waals surface area contributed by atoms with Gasteiger partial charge in [0.15, 0.2) is 5.69 Å². The first kappa shape index (κ1) is 24.1. The van der Waals surface area contributed by atoms with Gasteiger partial charge in [0.1, 0.15) is 5.82 Å². The molecule has 8 nitrogen and oxygen atoms in total. The third-order valence-electron chi connectivity index (χ3n) is 5.40. The van der Waals surface area contributed by atoms with Crippen LogP contribution in [-0.4, -0.2) is 28.5 Å². The Morgan fingerprint density at radius 1 is 1.15 bits per heavy atom. The summed E-state index contributed by atoms with van der Waals surface area (Å²) in [5, 5.41) is 3.67. The van der Waals surface area contributed by atoms with Crippen LogP contribution in [0.4, 0.5) is 17.2 Å². The molecular weight excluding hydrogens is 442 g/mol. The largest absolute Gasteiger partial charge is 0.383 e. The van der Waals surface area contributed by atoms with Crippen molar-refractivity contribution in [3.8, 4) is 0 Å². The number of benzene rings is 2. The predicted octanol–water partition coefficient (Wildman–Crippen LogP) is 3.37. The maximum atomic E-state index is 13.2. The first-order valence-electron chi connectivity index (χ1n) is 10.8. The highest BCUT2D eigenvalue weighted by atomic mass is 35.5. The summed E-state index contributed by atoms with van der Waals surface area (Å²) >= 11 is 6.17. The van der Waals surface area contributed by atoms with E-state index in [2.05, 4.69) is 10.3 Å². The van der Waals surface area contributed by atoms with E-state index in [1.807, 2.05) is 50.2 Å². The van der Waals surface area contributed by atoms with E-state index in [1.165, 1.54) is 9.47 Å². The van der Waals surface area contributed by atoms with E-state index in [0.717, 1.165) is 23.2 Å². The summed E-state index contributed by atoms with van der Waals surface area (Å²) in [6.07, 6.45) is 1.48. The van der Waals surface area contributed by atoms with Crippen molar-refractivity contribution >= 4 is 34.7 Å². The normalized spacial score (nSPS) is 10.8. The second kappa shape index (κ2) is 10.9. The van der Waals surface area contributed by atoms with Gasteiger partial charge in [-0.15, -0.1) is 0 Å². The molecule has 174 valence electrons.